The SMILES string of the molecule is CCOC(=O)c1ncc(B(O)O)cn1. The van der Waals surface area contributed by atoms with E-state index < -0.39 is 13.1 Å². The van der Waals surface area contributed by atoms with E-state index in [-0.39, 0.29) is 17.9 Å². The normalized spacial score (nSPS) is 9.64. The van der Waals surface area contributed by atoms with Gasteiger partial charge in [0.2, 0.25) is 5.82 Å². The molecule has 0 aromatic carbocycles. The van der Waals surface area contributed by atoms with Gasteiger partial charge in [0.15, 0.2) is 0 Å². The molecule has 1 aromatic rings. The first-order chi connectivity index (χ1) is 6.65. The third-order valence-corrected chi connectivity index (χ3v) is 1.43. The van der Waals surface area contributed by atoms with Crippen LogP contribution >= 0.6 is 0 Å². The second-order valence-corrected chi connectivity index (χ2v) is 2.43. The molecule has 74 valence electrons. The summed E-state index contributed by atoms with van der Waals surface area (Å²) in [5, 5.41) is 17.4. The van der Waals surface area contributed by atoms with Crippen molar-refractivity contribution >= 4 is 18.6 Å². The predicted molar refractivity (Wildman–Crippen MR) is 47.8 cm³/mol. The van der Waals surface area contributed by atoms with Crippen LogP contribution in [0, 0.1) is 0 Å². The third kappa shape index (κ3) is 2.51. The van der Waals surface area contributed by atoms with E-state index in [0.29, 0.717) is 0 Å². The predicted octanol–water partition coefficient (Wildman–Crippen LogP) is -1.67. The second-order valence-electron chi connectivity index (χ2n) is 2.43. The lowest BCUT2D eigenvalue weighted by atomic mass is 9.83. The largest absolute Gasteiger partial charge is 0.491 e. The number of rotatable bonds is 3. The van der Waals surface area contributed by atoms with Crippen molar-refractivity contribution in [1.82, 2.24) is 9.97 Å². The van der Waals surface area contributed by atoms with Crippen molar-refractivity contribution in [2.75, 3.05) is 6.61 Å². The molecule has 0 saturated carbocycles. The van der Waals surface area contributed by atoms with Crippen LogP contribution in [0.3, 0.4) is 0 Å². The molecule has 0 bridgehead atoms. The zero-order chi connectivity index (χ0) is 10.6. The van der Waals surface area contributed by atoms with Crippen molar-refractivity contribution in [1.29, 1.82) is 0 Å². The van der Waals surface area contributed by atoms with Gasteiger partial charge in [-0.3, -0.25) is 0 Å². The van der Waals surface area contributed by atoms with E-state index in [9.17, 15) is 4.79 Å². The molecule has 0 aliphatic carbocycles. The summed E-state index contributed by atoms with van der Waals surface area (Å²) in [6.45, 7) is 1.91. The van der Waals surface area contributed by atoms with Crippen LogP contribution in [0.5, 0.6) is 0 Å². The van der Waals surface area contributed by atoms with Crippen molar-refractivity contribution in [3.8, 4) is 0 Å². The minimum atomic E-state index is -1.63. The van der Waals surface area contributed by atoms with E-state index in [1.807, 2.05) is 0 Å². The Bertz CT molecular complexity index is 314. The van der Waals surface area contributed by atoms with E-state index in [1.54, 1.807) is 6.92 Å². The highest BCUT2D eigenvalue weighted by molar-refractivity contribution is 6.58. The molecule has 7 heteroatoms. The first kappa shape index (κ1) is 10.6. The first-order valence-corrected chi connectivity index (χ1v) is 4.00. The number of nitrogens with zero attached hydrogens (tertiary/aromatic N) is 2. The Labute approximate surface area is 80.7 Å². The van der Waals surface area contributed by atoms with E-state index >= 15 is 0 Å². The molecule has 0 aliphatic heterocycles. The lowest BCUT2D eigenvalue weighted by Crippen LogP contribution is -2.31. The lowest BCUT2D eigenvalue weighted by molar-refractivity contribution is 0.0512. The summed E-state index contributed by atoms with van der Waals surface area (Å²) in [6, 6.07) is 0. The van der Waals surface area contributed by atoms with Crippen molar-refractivity contribution in [3.05, 3.63) is 18.2 Å². The Balaban J connectivity index is 2.78. The summed E-state index contributed by atoms with van der Waals surface area (Å²) in [4.78, 5) is 18.3. The van der Waals surface area contributed by atoms with Gasteiger partial charge in [0.05, 0.1) is 6.61 Å². The molecule has 1 aromatic heterocycles. The number of esters is 1. The van der Waals surface area contributed by atoms with Gasteiger partial charge in [0, 0.05) is 17.9 Å². The molecule has 0 spiro atoms. The molecular weight excluding hydrogens is 187 g/mol. The fraction of sp³-hybridized carbons (Fsp3) is 0.286. The van der Waals surface area contributed by atoms with Crippen LogP contribution in [-0.4, -0.2) is 39.7 Å². The molecule has 0 fully saturated rings. The van der Waals surface area contributed by atoms with Gasteiger partial charge in [-0.2, -0.15) is 0 Å². The molecule has 0 saturated heterocycles. The van der Waals surface area contributed by atoms with Crippen molar-refractivity contribution in [2.24, 2.45) is 0 Å². The highest BCUT2D eigenvalue weighted by Crippen LogP contribution is 1.90. The summed E-state index contributed by atoms with van der Waals surface area (Å²) < 4.78 is 4.64. The molecule has 1 heterocycles. The maximum atomic E-state index is 11.1. The second kappa shape index (κ2) is 4.68. The average Bonchev–Trinajstić information content (AvgIpc) is 2.18. The summed E-state index contributed by atoms with van der Waals surface area (Å²) in [5.41, 5.74) is 0.123. The zero-order valence-electron chi connectivity index (χ0n) is 7.54. The summed E-state index contributed by atoms with van der Waals surface area (Å²) in [5.74, 6) is -0.734. The average molecular weight is 196 g/mol. The van der Waals surface area contributed by atoms with Crippen molar-refractivity contribution < 1.29 is 19.6 Å². The number of carbonyl (C=O) groups excluding carboxylic acids is 1. The minimum absolute atomic E-state index is 0.101. The van der Waals surface area contributed by atoms with Crippen molar-refractivity contribution in [2.45, 2.75) is 6.92 Å². The molecule has 0 amide bonds. The Hall–Kier alpha value is -1.47. The van der Waals surface area contributed by atoms with Crippen molar-refractivity contribution in [3.63, 3.8) is 0 Å². The molecule has 0 unspecified atom stereocenters. The molecule has 0 aliphatic rings. The van der Waals surface area contributed by atoms with Gasteiger partial charge in [-0.15, -0.1) is 0 Å². The molecule has 0 atom stereocenters. The zero-order valence-corrected chi connectivity index (χ0v) is 7.54. The van der Waals surface area contributed by atoms with Gasteiger partial charge in [-0.1, -0.05) is 0 Å². The molecule has 0 radical (unpaired) electrons. The van der Waals surface area contributed by atoms with Gasteiger partial charge in [0.25, 0.3) is 0 Å². The standard InChI is InChI=1S/C7H9BN2O4/c1-2-14-7(11)6-9-3-5(4-10-6)8(12)13/h3-4,12-13H,2H2,1H3. The van der Waals surface area contributed by atoms with E-state index in [2.05, 4.69) is 14.7 Å². The Morgan fingerprint density at radius 3 is 2.50 bits per heavy atom. The van der Waals surface area contributed by atoms with Crippen LogP contribution in [-0.2, 0) is 4.74 Å². The van der Waals surface area contributed by atoms with Crippen LogP contribution in [0.25, 0.3) is 0 Å². The smallest absolute Gasteiger partial charge is 0.460 e. The van der Waals surface area contributed by atoms with Gasteiger partial charge in [-0.05, 0) is 6.92 Å². The maximum absolute atomic E-state index is 11.1. The number of hydrogen-bond donors (Lipinski definition) is 2. The number of ether oxygens (including phenoxy) is 1. The van der Waals surface area contributed by atoms with Gasteiger partial charge in [0.1, 0.15) is 0 Å². The highest BCUT2D eigenvalue weighted by atomic mass is 16.5. The number of aromatic nitrogens is 2. The van der Waals surface area contributed by atoms with Crippen LogP contribution in [0.4, 0.5) is 0 Å². The summed E-state index contributed by atoms with van der Waals surface area (Å²) >= 11 is 0. The Morgan fingerprint density at radius 2 is 2.07 bits per heavy atom. The van der Waals surface area contributed by atoms with E-state index in [4.69, 9.17) is 10.0 Å². The van der Waals surface area contributed by atoms with Crippen LogP contribution < -0.4 is 5.46 Å². The van der Waals surface area contributed by atoms with Crippen LogP contribution in [0.2, 0.25) is 0 Å². The van der Waals surface area contributed by atoms with Gasteiger partial charge < -0.3 is 14.8 Å². The summed E-state index contributed by atoms with van der Waals surface area (Å²) in [7, 11) is -1.63. The van der Waals surface area contributed by atoms with E-state index in [0.717, 1.165) is 12.4 Å². The molecule has 14 heavy (non-hydrogen) atoms. The monoisotopic (exact) mass is 196 g/mol. The Morgan fingerprint density at radius 1 is 1.50 bits per heavy atom. The minimum Gasteiger partial charge on any atom is -0.460 e. The highest BCUT2D eigenvalue weighted by Gasteiger charge is 2.14. The quantitative estimate of drug-likeness (QED) is 0.443. The fourth-order valence-corrected chi connectivity index (χ4v) is 0.772. The van der Waals surface area contributed by atoms with Gasteiger partial charge >= 0.3 is 13.1 Å². The molecular formula is C7H9BN2O4. The lowest BCUT2D eigenvalue weighted by Gasteiger charge is -2.00. The maximum Gasteiger partial charge on any atom is 0.491 e. The Kier molecular flexibility index (Phi) is 3.55. The number of carbonyl (C=O) groups is 1. The van der Waals surface area contributed by atoms with Crippen LogP contribution in [0.15, 0.2) is 12.4 Å². The third-order valence-electron chi connectivity index (χ3n) is 1.43. The first-order valence-electron chi connectivity index (χ1n) is 4.00. The molecule has 1 rings (SSSR count). The fourth-order valence-electron chi connectivity index (χ4n) is 0.772. The molecule has 6 nitrogen and oxygen atoms in total. The van der Waals surface area contributed by atoms with Gasteiger partial charge in [-0.25, -0.2) is 14.8 Å². The topological polar surface area (TPSA) is 92.5 Å². The summed E-state index contributed by atoms with van der Waals surface area (Å²) in [6.07, 6.45) is 2.31. The van der Waals surface area contributed by atoms with E-state index in [1.165, 1.54) is 0 Å². The number of hydrogen-bond acceptors (Lipinski definition) is 6. The van der Waals surface area contributed by atoms with Crippen LogP contribution in [0.1, 0.15) is 17.5 Å². The molecule has 2 N–H and O–H groups in total.